The second-order valence-corrected chi connectivity index (χ2v) is 6.79. The van der Waals surface area contributed by atoms with Crippen LogP contribution < -0.4 is 10.6 Å². The summed E-state index contributed by atoms with van der Waals surface area (Å²) in [5.74, 6) is 1.54. The molecule has 1 heterocycles. The van der Waals surface area contributed by atoms with Crippen molar-refractivity contribution in [2.45, 2.75) is 46.2 Å². The summed E-state index contributed by atoms with van der Waals surface area (Å²) in [6, 6.07) is 9.05. The van der Waals surface area contributed by atoms with Crippen LogP contribution in [0.1, 0.15) is 37.8 Å². The largest absolute Gasteiger partial charge is 0.355 e. The highest BCUT2D eigenvalue weighted by molar-refractivity contribution is 5.79. The van der Waals surface area contributed by atoms with Gasteiger partial charge < -0.3 is 10.6 Å². The minimum Gasteiger partial charge on any atom is -0.355 e. The molecule has 1 fully saturated rings. The molecule has 2 rings (SSSR count). The summed E-state index contributed by atoms with van der Waals surface area (Å²) in [4.78, 5) is 6.98. The third kappa shape index (κ3) is 5.24. The average molecular weight is 316 g/mol. The molecule has 4 nitrogen and oxygen atoms in total. The number of aryl methyl sites for hydroxylation is 1. The summed E-state index contributed by atoms with van der Waals surface area (Å²) in [5.41, 5.74) is 2.63. The highest BCUT2D eigenvalue weighted by Gasteiger charge is 2.24. The first-order valence-electron chi connectivity index (χ1n) is 8.85. The van der Waals surface area contributed by atoms with Crippen molar-refractivity contribution in [1.82, 2.24) is 15.5 Å². The van der Waals surface area contributed by atoms with Crippen molar-refractivity contribution in [3.8, 4) is 0 Å². The summed E-state index contributed by atoms with van der Waals surface area (Å²) in [5, 5.41) is 6.95. The van der Waals surface area contributed by atoms with Crippen molar-refractivity contribution < 1.29 is 0 Å². The van der Waals surface area contributed by atoms with E-state index in [4.69, 9.17) is 0 Å². The third-order valence-electron chi connectivity index (χ3n) is 4.79. The molecule has 4 heteroatoms. The lowest BCUT2D eigenvalue weighted by Gasteiger charge is -2.31. The lowest BCUT2D eigenvalue weighted by molar-refractivity contribution is 0.192. The quantitative estimate of drug-likeness (QED) is 0.626. The second kappa shape index (κ2) is 8.92. The van der Waals surface area contributed by atoms with E-state index in [-0.39, 0.29) is 0 Å². The maximum Gasteiger partial charge on any atom is 0.191 e. The van der Waals surface area contributed by atoms with Crippen LogP contribution in [-0.2, 0) is 6.54 Å². The number of hydrogen-bond donors (Lipinski definition) is 2. The van der Waals surface area contributed by atoms with Crippen molar-refractivity contribution in [3.05, 3.63) is 35.4 Å². The van der Waals surface area contributed by atoms with Crippen molar-refractivity contribution in [2.24, 2.45) is 10.9 Å². The Morgan fingerprint density at radius 1 is 1.17 bits per heavy atom. The van der Waals surface area contributed by atoms with Crippen LogP contribution >= 0.6 is 0 Å². The predicted octanol–water partition coefficient (Wildman–Crippen LogP) is 2.78. The van der Waals surface area contributed by atoms with Gasteiger partial charge in [-0.3, -0.25) is 9.89 Å². The van der Waals surface area contributed by atoms with Gasteiger partial charge in [0.1, 0.15) is 0 Å². The van der Waals surface area contributed by atoms with Crippen molar-refractivity contribution >= 4 is 5.96 Å². The first-order chi connectivity index (χ1) is 11.1. The van der Waals surface area contributed by atoms with Gasteiger partial charge in [0, 0.05) is 26.2 Å². The molecule has 0 amide bonds. The van der Waals surface area contributed by atoms with Gasteiger partial charge in [0.2, 0.25) is 0 Å². The van der Waals surface area contributed by atoms with Crippen LogP contribution in [0.5, 0.6) is 0 Å². The van der Waals surface area contributed by atoms with E-state index in [1.54, 1.807) is 0 Å². The Labute approximate surface area is 141 Å². The number of guanidine groups is 1. The fourth-order valence-electron chi connectivity index (χ4n) is 3.27. The Balaban J connectivity index is 1.85. The standard InChI is InChI=1S/C19H32N4/c1-15(2)18(23-11-7-8-12-23)14-22-19(20-4)21-13-17-10-6-5-9-16(17)3/h5-6,9-10,15,18H,7-8,11-14H2,1-4H3,(H2,20,21,22). The molecule has 0 spiro atoms. The summed E-state index contributed by atoms with van der Waals surface area (Å²) in [7, 11) is 1.84. The zero-order valence-corrected chi connectivity index (χ0v) is 15.1. The number of benzene rings is 1. The topological polar surface area (TPSA) is 39.7 Å². The van der Waals surface area contributed by atoms with Gasteiger partial charge in [-0.05, 0) is 49.9 Å². The van der Waals surface area contributed by atoms with Crippen LogP contribution in [0, 0.1) is 12.8 Å². The second-order valence-electron chi connectivity index (χ2n) is 6.79. The monoisotopic (exact) mass is 316 g/mol. The normalized spacial score (nSPS) is 17.5. The third-order valence-corrected chi connectivity index (χ3v) is 4.79. The molecule has 0 radical (unpaired) electrons. The maximum absolute atomic E-state index is 4.37. The van der Waals surface area contributed by atoms with E-state index < -0.39 is 0 Å². The smallest absolute Gasteiger partial charge is 0.191 e. The maximum atomic E-state index is 4.37. The molecule has 1 saturated heterocycles. The summed E-state index contributed by atoms with van der Waals surface area (Å²) in [6.07, 6.45) is 2.67. The molecule has 2 N–H and O–H groups in total. The van der Waals surface area contributed by atoms with Gasteiger partial charge in [-0.25, -0.2) is 0 Å². The van der Waals surface area contributed by atoms with E-state index in [9.17, 15) is 0 Å². The van der Waals surface area contributed by atoms with Crippen LogP contribution in [0.3, 0.4) is 0 Å². The fraction of sp³-hybridized carbons (Fsp3) is 0.632. The Morgan fingerprint density at radius 2 is 1.87 bits per heavy atom. The number of nitrogens with zero attached hydrogens (tertiary/aromatic N) is 2. The van der Waals surface area contributed by atoms with E-state index in [1.165, 1.54) is 37.1 Å². The van der Waals surface area contributed by atoms with Gasteiger partial charge >= 0.3 is 0 Å². The van der Waals surface area contributed by atoms with Crippen molar-refractivity contribution in [2.75, 3.05) is 26.7 Å². The molecule has 1 aliphatic rings. The summed E-state index contributed by atoms with van der Waals surface area (Å²) < 4.78 is 0. The molecule has 0 aliphatic carbocycles. The zero-order valence-electron chi connectivity index (χ0n) is 15.1. The van der Waals surface area contributed by atoms with Crippen LogP contribution in [-0.4, -0.2) is 43.6 Å². The highest BCUT2D eigenvalue weighted by atomic mass is 15.2. The minimum absolute atomic E-state index is 0.578. The lowest BCUT2D eigenvalue weighted by Crippen LogP contribution is -2.48. The summed E-state index contributed by atoms with van der Waals surface area (Å²) in [6.45, 7) is 11.0. The lowest BCUT2D eigenvalue weighted by atomic mass is 10.0. The van der Waals surface area contributed by atoms with Gasteiger partial charge in [0.15, 0.2) is 5.96 Å². The van der Waals surface area contributed by atoms with Crippen molar-refractivity contribution in [1.29, 1.82) is 0 Å². The first kappa shape index (κ1) is 17.8. The molecule has 1 atom stereocenters. The first-order valence-corrected chi connectivity index (χ1v) is 8.85. The van der Waals surface area contributed by atoms with E-state index in [0.717, 1.165) is 19.0 Å². The molecule has 1 aromatic carbocycles. The van der Waals surface area contributed by atoms with E-state index >= 15 is 0 Å². The number of hydrogen-bond acceptors (Lipinski definition) is 2. The number of nitrogens with one attached hydrogen (secondary N) is 2. The van der Waals surface area contributed by atoms with E-state index in [1.807, 2.05) is 7.05 Å². The Kier molecular flexibility index (Phi) is 6.90. The van der Waals surface area contributed by atoms with Crippen molar-refractivity contribution in [3.63, 3.8) is 0 Å². The Hall–Kier alpha value is -1.55. The summed E-state index contributed by atoms with van der Waals surface area (Å²) >= 11 is 0. The molecule has 1 unspecified atom stereocenters. The van der Waals surface area contributed by atoms with Crippen LogP contribution in [0.15, 0.2) is 29.3 Å². The fourth-order valence-corrected chi connectivity index (χ4v) is 3.27. The Bertz CT molecular complexity index is 504. The van der Waals surface area contributed by atoms with Gasteiger partial charge in [-0.2, -0.15) is 0 Å². The average Bonchev–Trinajstić information content (AvgIpc) is 3.05. The number of aliphatic imine (C=N–C) groups is 1. The molecule has 0 saturated carbocycles. The van der Waals surface area contributed by atoms with Gasteiger partial charge in [0.25, 0.3) is 0 Å². The highest BCUT2D eigenvalue weighted by Crippen LogP contribution is 2.17. The minimum atomic E-state index is 0.578. The molecular formula is C19H32N4. The molecule has 1 aliphatic heterocycles. The molecule has 128 valence electrons. The van der Waals surface area contributed by atoms with Gasteiger partial charge in [-0.1, -0.05) is 38.1 Å². The number of rotatable bonds is 6. The van der Waals surface area contributed by atoms with Crippen LogP contribution in [0.25, 0.3) is 0 Å². The molecule has 23 heavy (non-hydrogen) atoms. The SMILES string of the molecule is CN=C(NCc1ccccc1C)NCC(C(C)C)N1CCCC1. The van der Waals surface area contributed by atoms with Gasteiger partial charge in [0.05, 0.1) is 0 Å². The van der Waals surface area contributed by atoms with Gasteiger partial charge in [-0.15, -0.1) is 0 Å². The van der Waals surface area contributed by atoms with E-state index in [0.29, 0.717) is 12.0 Å². The molecule has 0 bridgehead atoms. The van der Waals surface area contributed by atoms with E-state index in [2.05, 4.69) is 65.6 Å². The zero-order chi connectivity index (χ0) is 16.7. The molecule has 1 aromatic rings. The number of likely N-dealkylation sites (tertiary alicyclic amines) is 1. The Morgan fingerprint density at radius 3 is 2.48 bits per heavy atom. The van der Waals surface area contributed by atoms with Crippen LogP contribution in [0.4, 0.5) is 0 Å². The molecular weight excluding hydrogens is 284 g/mol. The predicted molar refractivity (Wildman–Crippen MR) is 98.8 cm³/mol. The molecule has 0 aromatic heterocycles. The van der Waals surface area contributed by atoms with Crippen LogP contribution in [0.2, 0.25) is 0 Å².